The highest BCUT2D eigenvalue weighted by Gasteiger charge is 2.20. The summed E-state index contributed by atoms with van der Waals surface area (Å²) in [5.74, 6) is 0.927. The second-order valence-electron chi connectivity index (χ2n) is 4.26. The van der Waals surface area contributed by atoms with Gasteiger partial charge in [0.2, 0.25) is 0 Å². The van der Waals surface area contributed by atoms with Crippen molar-refractivity contribution in [2.45, 2.75) is 19.9 Å². The molecule has 1 unspecified atom stereocenters. The second-order valence-corrected chi connectivity index (χ2v) is 5.17. The van der Waals surface area contributed by atoms with Crippen LogP contribution in [0.15, 0.2) is 18.2 Å². The molecule has 1 rings (SSSR count). The highest BCUT2D eigenvalue weighted by molar-refractivity contribution is 7.98. The molecule has 0 aromatic heterocycles. The zero-order valence-corrected chi connectivity index (χ0v) is 11.7. The Morgan fingerprint density at radius 1 is 1.53 bits per heavy atom. The minimum absolute atomic E-state index is 0.00199. The monoisotopic (exact) mass is 252 g/mol. The minimum atomic E-state index is 0.00199. The lowest BCUT2D eigenvalue weighted by atomic mass is 10.1. The summed E-state index contributed by atoms with van der Waals surface area (Å²) in [5.41, 5.74) is 7.99. The number of nitrogens with two attached hydrogens (primary N) is 1. The Hall–Kier alpha value is -1.16. The van der Waals surface area contributed by atoms with E-state index in [2.05, 4.69) is 0 Å². The number of benzene rings is 1. The Labute approximate surface area is 107 Å². The molecule has 0 bridgehead atoms. The first-order valence-electron chi connectivity index (χ1n) is 5.60. The van der Waals surface area contributed by atoms with Crippen LogP contribution >= 0.6 is 11.8 Å². The lowest BCUT2D eigenvalue weighted by molar-refractivity contribution is 0.0758. The maximum Gasteiger partial charge on any atom is 0.256 e. The SMILES string of the molecule is CSCC(C)N(C)C(=O)c1c(C)cccc1N. The Kier molecular flexibility index (Phi) is 4.87. The first kappa shape index (κ1) is 13.9. The minimum Gasteiger partial charge on any atom is -0.398 e. The van der Waals surface area contributed by atoms with E-state index in [-0.39, 0.29) is 11.9 Å². The molecule has 0 aliphatic carbocycles. The maximum absolute atomic E-state index is 12.3. The zero-order valence-electron chi connectivity index (χ0n) is 10.9. The van der Waals surface area contributed by atoms with Crippen LogP contribution in [0.25, 0.3) is 0 Å². The van der Waals surface area contributed by atoms with Crippen LogP contribution in [0.3, 0.4) is 0 Å². The molecular formula is C13H20N2OS. The molecule has 94 valence electrons. The van der Waals surface area contributed by atoms with Crippen LogP contribution in [0.2, 0.25) is 0 Å². The maximum atomic E-state index is 12.3. The first-order chi connectivity index (χ1) is 7.99. The highest BCUT2D eigenvalue weighted by atomic mass is 32.2. The van der Waals surface area contributed by atoms with E-state index >= 15 is 0 Å². The van der Waals surface area contributed by atoms with Crippen LogP contribution in [0.1, 0.15) is 22.8 Å². The summed E-state index contributed by atoms with van der Waals surface area (Å²) in [4.78, 5) is 14.1. The van der Waals surface area contributed by atoms with Crippen molar-refractivity contribution in [3.8, 4) is 0 Å². The Bertz CT molecular complexity index is 386. The number of amides is 1. The predicted molar refractivity (Wildman–Crippen MR) is 75.5 cm³/mol. The van der Waals surface area contributed by atoms with Crippen molar-refractivity contribution in [3.63, 3.8) is 0 Å². The van der Waals surface area contributed by atoms with Gasteiger partial charge in [0.15, 0.2) is 0 Å². The van der Waals surface area contributed by atoms with Crippen LogP contribution in [0.4, 0.5) is 5.69 Å². The zero-order chi connectivity index (χ0) is 13.0. The van der Waals surface area contributed by atoms with Crippen LogP contribution in [-0.2, 0) is 0 Å². The van der Waals surface area contributed by atoms with Gasteiger partial charge in [-0.15, -0.1) is 0 Å². The molecule has 1 aromatic carbocycles. The summed E-state index contributed by atoms with van der Waals surface area (Å²) in [7, 11) is 1.83. The second kappa shape index (κ2) is 5.96. The van der Waals surface area contributed by atoms with Crippen molar-refractivity contribution in [1.82, 2.24) is 4.90 Å². The number of hydrogen-bond donors (Lipinski definition) is 1. The van der Waals surface area contributed by atoms with Crippen LogP contribution < -0.4 is 5.73 Å². The molecule has 0 aliphatic rings. The Balaban J connectivity index is 2.96. The molecular weight excluding hydrogens is 232 g/mol. The number of nitrogen functional groups attached to an aromatic ring is 1. The van der Waals surface area contributed by atoms with Crippen molar-refractivity contribution in [3.05, 3.63) is 29.3 Å². The van der Waals surface area contributed by atoms with Crippen LogP contribution in [0, 0.1) is 6.92 Å². The largest absolute Gasteiger partial charge is 0.398 e. The number of aryl methyl sites for hydroxylation is 1. The lowest BCUT2D eigenvalue weighted by Gasteiger charge is -2.25. The molecule has 0 spiro atoms. The molecule has 1 aromatic rings. The van der Waals surface area contributed by atoms with Crippen molar-refractivity contribution in [2.24, 2.45) is 0 Å². The number of nitrogens with zero attached hydrogens (tertiary/aromatic N) is 1. The highest BCUT2D eigenvalue weighted by Crippen LogP contribution is 2.19. The molecule has 4 heteroatoms. The molecule has 0 heterocycles. The van der Waals surface area contributed by atoms with Gasteiger partial charge in [-0.1, -0.05) is 12.1 Å². The van der Waals surface area contributed by atoms with E-state index in [9.17, 15) is 4.79 Å². The smallest absolute Gasteiger partial charge is 0.256 e. The summed E-state index contributed by atoms with van der Waals surface area (Å²) in [5, 5.41) is 0. The fraction of sp³-hybridized carbons (Fsp3) is 0.462. The van der Waals surface area contributed by atoms with Gasteiger partial charge < -0.3 is 10.6 Å². The first-order valence-corrected chi connectivity index (χ1v) is 6.99. The van der Waals surface area contributed by atoms with Crippen molar-refractivity contribution >= 4 is 23.4 Å². The number of carbonyl (C=O) groups is 1. The summed E-state index contributed by atoms with van der Waals surface area (Å²) >= 11 is 1.73. The van der Waals surface area contributed by atoms with E-state index in [4.69, 9.17) is 5.73 Å². The van der Waals surface area contributed by atoms with Gasteiger partial charge >= 0.3 is 0 Å². The fourth-order valence-electron chi connectivity index (χ4n) is 1.71. The van der Waals surface area contributed by atoms with E-state index in [0.717, 1.165) is 11.3 Å². The number of carbonyl (C=O) groups excluding carboxylic acids is 1. The molecule has 2 N–H and O–H groups in total. The average Bonchev–Trinajstić information content (AvgIpc) is 2.27. The van der Waals surface area contributed by atoms with Gasteiger partial charge in [-0.2, -0.15) is 11.8 Å². The summed E-state index contributed by atoms with van der Waals surface area (Å²) in [6, 6.07) is 5.76. The average molecular weight is 252 g/mol. The predicted octanol–water partition coefficient (Wildman–Crippen LogP) is 2.40. The molecule has 3 nitrogen and oxygen atoms in total. The number of thioether (sulfide) groups is 1. The molecule has 0 saturated carbocycles. The topological polar surface area (TPSA) is 46.3 Å². The Morgan fingerprint density at radius 3 is 2.71 bits per heavy atom. The summed E-state index contributed by atoms with van der Waals surface area (Å²) < 4.78 is 0. The standard InChI is InChI=1S/C13H20N2OS/c1-9-6-5-7-11(14)12(9)13(16)15(3)10(2)8-17-4/h5-7,10H,8,14H2,1-4H3. The molecule has 0 radical (unpaired) electrons. The van der Waals surface area contributed by atoms with Crippen LogP contribution in [0.5, 0.6) is 0 Å². The number of anilines is 1. The van der Waals surface area contributed by atoms with Crippen molar-refractivity contribution in [2.75, 3.05) is 24.8 Å². The molecule has 0 fully saturated rings. The molecule has 0 saturated heterocycles. The Morgan fingerprint density at radius 2 is 2.18 bits per heavy atom. The van der Waals surface area contributed by atoms with E-state index in [1.54, 1.807) is 22.7 Å². The third-order valence-corrected chi connectivity index (χ3v) is 3.72. The summed E-state index contributed by atoms with van der Waals surface area (Å²) in [6.07, 6.45) is 2.04. The molecule has 0 aliphatic heterocycles. The third kappa shape index (κ3) is 3.16. The summed E-state index contributed by atoms with van der Waals surface area (Å²) in [6.45, 7) is 3.96. The van der Waals surface area contributed by atoms with Crippen molar-refractivity contribution < 1.29 is 4.79 Å². The fourth-order valence-corrected chi connectivity index (χ4v) is 2.42. The van der Waals surface area contributed by atoms with Gasteiger partial charge in [0.25, 0.3) is 5.91 Å². The van der Waals surface area contributed by atoms with E-state index in [1.807, 2.05) is 39.3 Å². The van der Waals surface area contributed by atoms with E-state index in [1.165, 1.54) is 0 Å². The van der Waals surface area contributed by atoms with Crippen molar-refractivity contribution in [1.29, 1.82) is 0 Å². The molecule has 1 amide bonds. The third-order valence-electron chi connectivity index (χ3n) is 2.91. The molecule has 1 atom stereocenters. The van der Waals surface area contributed by atoms with Gasteiger partial charge in [0, 0.05) is 24.5 Å². The lowest BCUT2D eigenvalue weighted by Crippen LogP contribution is -2.37. The van der Waals surface area contributed by atoms with E-state index in [0.29, 0.717) is 11.3 Å². The van der Waals surface area contributed by atoms with E-state index < -0.39 is 0 Å². The molecule has 17 heavy (non-hydrogen) atoms. The van der Waals surface area contributed by atoms with Crippen LogP contribution in [-0.4, -0.2) is 35.9 Å². The quantitative estimate of drug-likeness (QED) is 0.837. The number of hydrogen-bond acceptors (Lipinski definition) is 3. The van der Waals surface area contributed by atoms with Gasteiger partial charge in [0.05, 0.1) is 5.56 Å². The van der Waals surface area contributed by atoms with Gasteiger partial charge in [-0.25, -0.2) is 0 Å². The van der Waals surface area contributed by atoms with Gasteiger partial charge in [-0.05, 0) is 31.7 Å². The normalized spacial score (nSPS) is 12.2. The number of rotatable bonds is 4. The van der Waals surface area contributed by atoms with Gasteiger partial charge in [0.1, 0.15) is 0 Å². The van der Waals surface area contributed by atoms with Gasteiger partial charge in [-0.3, -0.25) is 4.79 Å².